The average Bonchev–Trinajstić information content (AvgIpc) is 2.96. The van der Waals surface area contributed by atoms with Gasteiger partial charge in [0.1, 0.15) is 5.57 Å². The molecule has 1 aromatic heterocycles. The summed E-state index contributed by atoms with van der Waals surface area (Å²) >= 11 is 4.85. The highest BCUT2D eigenvalue weighted by Crippen LogP contribution is 2.29. The van der Waals surface area contributed by atoms with E-state index >= 15 is 0 Å². The second-order valence-electron chi connectivity index (χ2n) is 6.82. The minimum atomic E-state index is -0.546. The lowest BCUT2D eigenvalue weighted by atomic mass is 10.1. The van der Waals surface area contributed by atoms with Crippen LogP contribution in [0.1, 0.15) is 16.8 Å². The van der Waals surface area contributed by atoms with Crippen LogP contribution in [0.15, 0.2) is 54.1 Å². The van der Waals surface area contributed by atoms with Crippen molar-refractivity contribution in [3.05, 3.63) is 81.0 Å². The highest BCUT2D eigenvalue weighted by Gasteiger charge is 2.26. The molecule has 1 fully saturated rings. The lowest BCUT2D eigenvalue weighted by Gasteiger charge is -2.16. The van der Waals surface area contributed by atoms with E-state index in [0.29, 0.717) is 6.54 Å². The summed E-state index contributed by atoms with van der Waals surface area (Å²) in [4.78, 5) is 35.0. The number of nitro groups is 1. The smallest absolute Gasteiger partial charge is 0.269 e. The zero-order chi connectivity index (χ0) is 21.4. The number of rotatable bonds is 4. The molecule has 150 valence electrons. The molecule has 8 nitrogen and oxygen atoms in total. The number of aromatic nitrogens is 1. The van der Waals surface area contributed by atoms with Crippen LogP contribution in [-0.2, 0) is 16.1 Å². The molecule has 30 heavy (non-hydrogen) atoms. The number of fused-ring (bicyclic) bond motifs is 1. The Balaban J connectivity index is 1.79. The Hall–Kier alpha value is -3.85. The Labute approximate surface area is 176 Å². The Morgan fingerprint density at radius 2 is 1.70 bits per heavy atom. The number of para-hydroxylation sites is 1. The van der Waals surface area contributed by atoms with Crippen molar-refractivity contribution < 1.29 is 14.5 Å². The number of thiocarbonyl (C=S) groups is 1. The van der Waals surface area contributed by atoms with Gasteiger partial charge in [0.25, 0.3) is 17.5 Å². The van der Waals surface area contributed by atoms with Gasteiger partial charge >= 0.3 is 0 Å². The zero-order valence-electron chi connectivity index (χ0n) is 15.8. The number of carbonyl (C=O) groups excluding carboxylic acids is 2. The number of nitrogens with one attached hydrogen (secondary N) is 2. The van der Waals surface area contributed by atoms with Gasteiger partial charge in [0.05, 0.1) is 4.92 Å². The molecule has 2 N–H and O–H groups in total. The van der Waals surface area contributed by atoms with E-state index < -0.39 is 16.7 Å². The molecule has 0 saturated carbocycles. The van der Waals surface area contributed by atoms with Crippen molar-refractivity contribution in [2.75, 3.05) is 0 Å². The van der Waals surface area contributed by atoms with E-state index in [1.165, 1.54) is 12.1 Å². The topological polar surface area (TPSA) is 106 Å². The van der Waals surface area contributed by atoms with Gasteiger partial charge in [-0.2, -0.15) is 0 Å². The van der Waals surface area contributed by atoms with E-state index in [4.69, 9.17) is 12.2 Å². The number of nitro benzene ring substituents is 1. The summed E-state index contributed by atoms with van der Waals surface area (Å²) in [5.41, 5.74) is 3.43. The van der Waals surface area contributed by atoms with Crippen LogP contribution in [0.25, 0.3) is 17.0 Å². The first-order chi connectivity index (χ1) is 14.3. The minimum absolute atomic E-state index is 0.0144. The second kappa shape index (κ2) is 7.53. The molecular formula is C21H16N4O4S. The normalized spacial score (nSPS) is 13.9. The molecule has 0 spiro atoms. The van der Waals surface area contributed by atoms with Gasteiger partial charge in [-0.15, -0.1) is 0 Å². The van der Waals surface area contributed by atoms with Gasteiger partial charge in [0.2, 0.25) is 0 Å². The highest BCUT2D eigenvalue weighted by molar-refractivity contribution is 7.80. The van der Waals surface area contributed by atoms with Crippen molar-refractivity contribution in [2.24, 2.45) is 0 Å². The van der Waals surface area contributed by atoms with Gasteiger partial charge in [-0.05, 0) is 36.8 Å². The molecule has 1 aliphatic rings. The van der Waals surface area contributed by atoms with Crippen molar-refractivity contribution in [2.45, 2.75) is 13.5 Å². The molecule has 0 atom stereocenters. The first-order valence-corrected chi connectivity index (χ1v) is 9.45. The third-order valence-corrected chi connectivity index (χ3v) is 5.20. The van der Waals surface area contributed by atoms with E-state index in [9.17, 15) is 19.7 Å². The maximum absolute atomic E-state index is 12.3. The van der Waals surface area contributed by atoms with Crippen LogP contribution in [0.3, 0.4) is 0 Å². The van der Waals surface area contributed by atoms with Gasteiger partial charge in [-0.25, -0.2) is 0 Å². The molecule has 0 unspecified atom stereocenters. The fourth-order valence-corrected chi connectivity index (χ4v) is 3.69. The third-order valence-electron chi connectivity index (χ3n) is 5.00. The minimum Gasteiger partial charge on any atom is -0.340 e. The summed E-state index contributed by atoms with van der Waals surface area (Å²) < 4.78 is 2.05. The number of nitrogens with zero attached hydrogens (tertiary/aromatic N) is 2. The summed E-state index contributed by atoms with van der Waals surface area (Å²) in [5.74, 6) is -1.09. The number of carbonyl (C=O) groups is 2. The number of amides is 2. The number of non-ortho nitro benzene ring substituents is 1. The van der Waals surface area contributed by atoms with Crippen molar-refractivity contribution in [3.63, 3.8) is 0 Å². The monoisotopic (exact) mass is 420 g/mol. The molecule has 2 amide bonds. The van der Waals surface area contributed by atoms with Crippen LogP contribution < -0.4 is 10.6 Å². The van der Waals surface area contributed by atoms with E-state index in [1.54, 1.807) is 18.2 Å². The molecule has 3 aromatic rings. The Morgan fingerprint density at radius 3 is 2.33 bits per heavy atom. The highest BCUT2D eigenvalue weighted by atomic mass is 32.1. The summed E-state index contributed by atoms with van der Waals surface area (Å²) in [5, 5.41) is 16.6. The molecule has 0 bridgehead atoms. The molecule has 1 saturated heterocycles. The summed E-state index contributed by atoms with van der Waals surface area (Å²) in [7, 11) is 0. The van der Waals surface area contributed by atoms with Crippen LogP contribution in [0, 0.1) is 17.0 Å². The van der Waals surface area contributed by atoms with Gasteiger partial charge in [-0.1, -0.05) is 30.3 Å². The van der Waals surface area contributed by atoms with Gasteiger partial charge in [0.15, 0.2) is 5.11 Å². The quantitative estimate of drug-likeness (QED) is 0.222. The van der Waals surface area contributed by atoms with Crippen LogP contribution >= 0.6 is 12.2 Å². The molecule has 0 aliphatic carbocycles. The van der Waals surface area contributed by atoms with Gasteiger partial charge < -0.3 is 4.57 Å². The third kappa shape index (κ3) is 3.46. The van der Waals surface area contributed by atoms with E-state index in [0.717, 1.165) is 27.7 Å². The molecule has 2 aromatic carbocycles. The number of hydrogen-bond acceptors (Lipinski definition) is 5. The molecule has 9 heteroatoms. The molecule has 2 heterocycles. The zero-order valence-corrected chi connectivity index (χ0v) is 16.7. The van der Waals surface area contributed by atoms with Crippen molar-refractivity contribution in [1.82, 2.24) is 15.2 Å². The Morgan fingerprint density at radius 1 is 1.07 bits per heavy atom. The van der Waals surface area contributed by atoms with E-state index in [2.05, 4.69) is 10.6 Å². The molecule has 1 aliphatic heterocycles. The van der Waals surface area contributed by atoms with Crippen molar-refractivity contribution in [1.29, 1.82) is 0 Å². The average molecular weight is 420 g/mol. The fourth-order valence-electron chi connectivity index (χ4n) is 3.50. The maximum Gasteiger partial charge on any atom is 0.269 e. The van der Waals surface area contributed by atoms with Crippen LogP contribution in [0.4, 0.5) is 5.69 Å². The van der Waals surface area contributed by atoms with Gasteiger partial charge in [-0.3, -0.25) is 30.3 Å². The maximum atomic E-state index is 12.3. The Kier molecular flexibility index (Phi) is 4.88. The van der Waals surface area contributed by atoms with E-state index in [-0.39, 0.29) is 16.4 Å². The van der Waals surface area contributed by atoms with Crippen LogP contribution in [-0.4, -0.2) is 26.4 Å². The molecule has 4 rings (SSSR count). The molecular weight excluding hydrogens is 404 g/mol. The van der Waals surface area contributed by atoms with Crippen LogP contribution in [0.2, 0.25) is 0 Å². The van der Waals surface area contributed by atoms with Gasteiger partial charge in [0, 0.05) is 40.8 Å². The largest absolute Gasteiger partial charge is 0.340 e. The summed E-state index contributed by atoms with van der Waals surface area (Å²) in [6.45, 7) is 2.39. The lowest BCUT2D eigenvalue weighted by molar-refractivity contribution is -0.384. The second-order valence-corrected chi connectivity index (χ2v) is 7.23. The fraction of sp³-hybridized carbons (Fsp3) is 0.0952. The summed E-state index contributed by atoms with van der Waals surface area (Å²) in [6.07, 6.45) is 1.57. The lowest BCUT2D eigenvalue weighted by Crippen LogP contribution is -2.51. The standard InChI is InChI=1S/C21H16N4O4S/c1-12-16(10-17-19(26)22-21(30)23-20(17)27)15-4-2-3-5-18(15)24(12)11-13-6-8-14(9-7-13)25(28)29/h2-10H,11H2,1H3,(H2,22,23,26,27,30). The summed E-state index contributed by atoms with van der Waals surface area (Å²) in [6, 6.07) is 14.0. The van der Waals surface area contributed by atoms with Crippen molar-refractivity contribution in [3.8, 4) is 0 Å². The predicted octanol–water partition coefficient (Wildman–Crippen LogP) is 2.82. The predicted molar refractivity (Wildman–Crippen MR) is 116 cm³/mol. The molecule has 0 radical (unpaired) electrons. The van der Waals surface area contributed by atoms with Crippen molar-refractivity contribution >= 4 is 51.8 Å². The first-order valence-electron chi connectivity index (χ1n) is 9.04. The van der Waals surface area contributed by atoms with E-state index in [1.807, 2.05) is 35.8 Å². The van der Waals surface area contributed by atoms with Crippen LogP contribution in [0.5, 0.6) is 0 Å². The number of benzene rings is 2. The first kappa shape index (κ1) is 19.5. The SMILES string of the molecule is Cc1c(C=C2C(=O)NC(=S)NC2=O)c2ccccc2n1Cc1ccc([N+](=O)[O-])cc1. The Bertz CT molecular complexity index is 1240. The number of hydrogen-bond donors (Lipinski definition) is 2.